The van der Waals surface area contributed by atoms with Gasteiger partial charge in [0.15, 0.2) is 17.6 Å². The Hall–Kier alpha value is -5.22. The average molecular weight is 570 g/mol. The third-order valence-electron chi connectivity index (χ3n) is 6.84. The zero-order valence-electron chi connectivity index (χ0n) is 22.9. The number of anilines is 3. The van der Waals surface area contributed by atoms with Gasteiger partial charge >= 0.3 is 6.09 Å². The Balaban J connectivity index is 1.33. The Bertz CT molecular complexity index is 1620. The van der Waals surface area contributed by atoms with Crippen LogP contribution in [0.25, 0.3) is 10.8 Å². The van der Waals surface area contributed by atoms with Crippen LogP contribution in [0.3, 0.4) is 0 Å². The van der Waals surface area contributed by atoms with Crippen LogP contribution in [0.1, 0.15) is 24.5 Å². The first-order chi connectivity index (χ1) is 20.4. The Kier molecular flexibility index (Phi) is 8.74. The van der Waals surface area contributed by atoms with Gasteiger partial charge < -0.3 is 35.1 Å². The molecule has 216 valence electrons. The van der Waals surface area contributed by atoms with Gasteiger partial charge in [0, 0.05) is 29.8 Å². The number of carbonyl (C=O) groups excluding carboxylic acids is 2. The number of nitrogens with one attached hydrogen (secondary N) is 2. The molecule has 10 nitrogen and oxygen atoms in total. The number of methoxy groups -OCH3 is 1. The molecule has 10 heteroatoms. The van der Waals surface area contributed by atoms with Crippen molar-refractivity contribution in [1.82, 2.24) is 0 Å². The topological polar surface area (TPSA) is 141 Å². The van der Waals surface area contributed by atoms with Crippen molar-refractivity contribution in [2.24, 2.45) is 0 Å². The normalized spacial score (nSPS) is 13.5. The standard InChI is InChI=1S/C32H31N3O7/c1-39-28(12-6-7-13-30(37)35-25-11-5-4-10-24(25)33)31(23-15-16-26(36)22-9-3-2-8-21(22)23)42-32(38)34-20-14-17-27-29(18-20)41-19-40-27/h2-5,7-11,13-18,28,31,36H,6,12,19,33H2,1H3,(H,34,38)(H,35,37)/b13-7+/t28-,31-/m1/s1. The number of ether oxygens (including phenoxy) is 4. The number of amides is 2. The molecule has 0 saturated carbocycles. The molecule has 1 aliphatic heterocycles. The molecule has 2 atom stereocenters. The molecule has 0 unspecified atom stereocenters. The molecule has 2 amide bonds. The maximum atomic E-state index is 13.2. The number of hydrogen-bond donors (Lipinski definition) is 4. The number of phenols is 1. The highest BCUT2D eigenvalue weighted by Crippen LogP contribution is 2.37. The summed E-state index contributed by atoms with van der Waals surface area (Å²) >= 11 is 0. The average Bonchev–Trinajstić information content (AvgIpc) is 3.46. The SMILES string of the molecule is CO[C@H](CC/C=C/C(=O)Nc1ccccc1N)[C@H](OC(=O)Nc1ccc2c(c1)OCO2)c1ccc(O)c2ccccc12. The van der Waals surface area contributed by atoms with E-state index < -0.39 is 18.3 Å². The summed E-state index contributed by atoms with van der Waals surface area (Å²) in [4.78, 5) is 25.6. The fraction of sp³-hybridized carbons (Fsp3) is 0.188. The van der Waals surface area contributed by atoms with E-state index in [9.17, 15) is 14.7 Å². The minimum Gasteiger partial charge on any atom is -0.507 e. The van der Waals surface area contributed by atoms with E-state index in [2.05, 4.69) is 10.6 Å². The van der Waals surface area contributed by atoms with E-state index >= 15 is 0 Å². The van der Waals surface area contributed by atoms with Crippen molar-refractivity contribution >= 4 is 39.8 Å². The Morgan fingerprint density at radius 2 is 1.74 bits per heavy atom. The van der Waals surface area contributed by atoms with E-state index in [0.717, 1.165) is 5.39 Å². The number of fused-ring (bicyclic) bond motifs is 2. The van der Waals surface area contributed by atoms with E-state index in [4.69, 9.17) is 24.7 Å². The van der Waals surface area contributed by atoms with Gasteiger partial charge in [-0.25, -0.2) is 4.79 Å². The number of aromatic hydroxyl groups is 1. The predicted octanol–water partition coefficient (Wildman–Crippen LogP) is 6.14. The number of nitrogen functional groups attached to an aromatic ring is 1. The first-order valence-corrected chi connectivity index (χ1v) is 13.4. The van der Waals surface area contributed by atoms with Crippen molar-refractivity contribution < 1.29 is 33.6 Å². The Morgan fingerprint density at radius 1 is 0.976 bits per heavy atom. The molecule has 0 radical (unpaired) electrons. The Morgan fingerprint density at radius 3 is 2.55 bits per heavy atom. The number of nitrogens with two attached hydrogens (primary N) is 1. The van der Waals surface area contributed by atoms with Crippen LogP contribution in [0.5, 0.6) is 17.2 Å². The minimum absolute atomic E-state index is 0.111. The molecule has 0 bridgehead atoms. The third kappa shape index (κ3) is 6.56. The fourth-order valence-electron chi connectivity index (χ4n) is 4.76. The maximum absolute atomic E-state index is 13.2. The summed E-state index contributed by atoms with van der Waals surface area (Å²) in [6, 6.07) is 22.6. The molecule has 0 aliphatic carbocycles. The van der Waals surface area contributed by atoms with Crippen molar-refractivity contribution in [2.45, 2.75) is 25.0 Å². The molecule has 0 aromatic heterocycles. The van der Waals surface area contributed by atoms with E-state index in [0.29, 0.717) is 52.4 Å². The molecular weight excluding hydrogens is 538 g/mol. The smallest absolute Gasteiger partial charge is 0.412 e. The summed E-state index contributed by atoms with van der Waals surface area (Å²) in [5, 5.41) is 17.3. The predicted molar refractivity (Wildman–Crippen MR) is 160 cm³/mol. The molecule has 0 saturated heterocycles. The van der Waals surface area contributed by atoms with Crippen LogP contribution in [-0.2, 0) is 14.3 Å². The zero-order chi connectivity index (χ0) is 29.5. The monoisotopic (exact) mass is 569 g/mol. The first kappa shape index (κ1) is 28.3. The largest absolute Gasteiger partial charge is 0.507 e. The highest BCUT2D eigenvalue weighted by atomic mass is 16.7. The van der Waals surface area contributed by atoms with Gasteiger partial charge in [0.25, 0.3) is 0 Å². The second-order valence-corrected chi connectivity index (χ2v) is 9.57. The van der Waals surface area contributed by atoms with Gasteiger partial charge in [0.2, 0.25) is 12.7 Å². The highest BCUT2D eigenvalue weighted by molar-refractivity contribution is 6.01. The summed E-state index contributed by atoms with van der Waals surface area (Å²) in [6.45, 7) is 0.116. The first-order valence-electron chi connectivity index (χ1n) is 13.4. The van der Waals surface area contributed by atoms with E-state index in [1.54, 1.807) is 66.7 Å². The number of hydrogen-bond acceptors (Lipinski definition) is 8. The van der Waals surface area contributed by atoms with Crippen LogP contribution in [-0.4, -0.2) is 37.1 Å². The molecule has 42 heavy (non-hydrogen) atoms. The maximum Gasteiger partial charge on any atom is 0.412 e. The summed E-state index contributed by atoms with van der Waals surface area (Å²) in [6.07, 6.45) is 1.89. The van der Waals surface area contributed by atoms with Crippen LogP contribution >= 0.6 is 0 Å². The van der Waals surface area contributed by atoms with Crippen molar-refractivity contribution in [3.8, 4) is 17.2 Å². The van der Waals surface area contributed by atoms with Gasteiger partial charge in [-0.15, -0.1) is 0 Å². The van der Waals surface area contributed by atoms with Crippen LogP contribution in [0, 0.1) is 0 Å². The lowest BCUT2D eigenvalue weighted by Gasteiger charge is -2.27. The number of benzene rings is 4. The molecule has 5 rings (SSSR count). The van der Waals surface area contributed by atoms with Crippen molar-refractivity contribution in [2.75, 3.05) is 30.3 Å². The van der Waals surface area contributed by atoms with Crippen LogP contribution in [0.2, 0.25) is 0 Å². The second kappa shape index (κ2) is 13.0. The highest BCUT2D eigenvalue weighted by Gasteiger charge is 2.29. The lowest BCUT2D eigenvalue weighted by Crippen LogP contribution is -2.28. The van der Waals surface area contributed by atoms with E-state index in [-0.39, 0.29) is 18.4 Å². The fourth-order valence-corrected chi connectivity index (χ4v) is 4.76. The third-order valence-corrected chi connectivity index (χ3v) is 6.84. The van der Waals surface area contributed by atoms with E-state index in [1.165, 1.54) is 13.2 Å². The lowest BCUT2D eigenvalue weighted by atomic mass is 9.94. The van der Waals surface area contributed by atoms with Gasteiger partial charge in [-0.05, 0) is 54.6 Å². The molecule has 0 fully saturated rings. The van der Waals surface area contributed by atoms with Crippen molar-refractivity contribution in [1.29, 1.82) is 0 Å². The van der Waals surface area contributed by atoms with Gasteiger partial charge in [-0.3, -0.25) is 10.1 Å². The molecule has 4 aromatic rings. The minimum atomic E-state index is -0.846. The summed E-state index contributed by atoms with van der Waals surface area (Å²) in [5.74, 6) is 0.910. The van der Waals surface area contributed by atoms with Crippen molar-refractivity contribution in [3.05, 3.63) is 96.6 Å². The summed E-state index contributed by atoms with van der Waals surface area (Å²) in [7, 11) is 1.54. The number of para-hydroxylation sites is 2. The summed E-state index contributed by atoms with van der Waals surface area (Å²) < 4.78 is 22.5. The molecule has 4 aromatic carbocycles. The van der Waals surface area contributed by atoms with Gasteiger partial charge in [-0.2, -0.15) is 0 Å². The Labute approximate surface area is 242 Å². The quantitative estimate of drug-likeness (QED) is 0.132. The van der Waals surface area contributed by atoms with E-state index in [1.807, 2.05) is 18.2 Å². The van der Waals surface area contributed by atoms with Gasteiger partial charge in [0.1, 0.15) is 5.75 Å². The van der Waals surface area contributed by atoms with Crippen LogP contribution in [0.15, 0.2) is 91.0 Å². The number of carbonyl (C=O) groups is 2. The molecule has 1 aliphatic rings. The van der Waals surface area contributed by atoms with Gasteiger partial charge in [-0.1, -0.05) is 48.5 Å². The number of rotatable bonds is 10. The number of allylic oxidation sites excluding steroid dienone is 1. The molecule has 5 N–H and O–H groups in total. The molecule has 0 spiro atoms. The van der Waals surface area contributed by atoms with Crippen LogP contribution < -0.4 is 25.8 Å². The summed E-state index contributed by atoms with van der Waals surface area (Å²) in [5.41, 5.74) is 8.04. The van der Waals surface area contributed by atoms with Crippen LogP contribution in [0.4, 0.5) is 21.9 Å². The zero-order valence-corrected chi connectivity index (χ0v) is 22.9. The van der Waals surface area contributed by atoms with Gasteiger partial charge in [0.05, 0.1) is 17.5 Å². The second-order valence-electron chi connectivity index (χ2n) is 9.57. The molecule has 1 heterocycles. The lowest BCUT2D eigenvalue weighted by molar-refractivity contribution is -0.111. The van der Waals surface area contributed by atoms with Crippen molar-refractivity contribution in [3.63, 3.8) is 0 Å². The molecular formula is C32H31N3O7. The number of phenolic OH excluding ortho intramolecular Hbond substituents is 1.